The molecule has 54 heavy (non-hydrogen) atoms. The highest BCUT2D eigenvalue weighted by Crippen LogP contribution is 2.26. The van der Waals surface area contributed by atoms with Crippen LogP contribution in [0.15, 0.2) is 79.0 Å². The van der Waals surface area contributed by atoms with Gasteiger partial charge in [-0.2, -0.15) is 0 Å². The van der Waals surface area contributed by atoms with E-state index in [-0.39, 0.29) is 6.42 Å². The lowest BCUT2D eigenvalue weighted by atomic mass is 9.84. The summed E-state index contributed by atoms with van der Waals surface area (Å²) in [6.07, 6.45) is 2.14. The van der Waals surface area contributed by atoms with Crippen LogP contribution in [0.4, 0.5) is 9.59 Å². The number of aromatic nitrogens is 1. The van der Waals surface area contributed by atoms with Gasteiger partial charge in [0.2, 0.25) is 11.8 Å². The van der Waals surface area contributed by atoms with E-state index in [9.17, 15) is 24.3 Å². The number of likely N-dealkylation sites (N-methyl/N-ethyl adjacent to an activating group) is 1. The maximum atomic E-state index is 14.1. The van der Waals surface area contributed by atoms with Gasteiger partial charge in [0.15, 0.2) is 0 Å². The van der Waals surface area contributed by atoms with Crippen LogP contribution < -0.4 is 16.0 Å². The molecule has 4 amide bonds. The Morgan fingerprint density at radius 1 is 0.815 bits per heavy atom. The first-order valence-corrected chi connectivity index (χ1v) is 19.4. The van der Waals surface area contributed by atoms with Crippen molar-refractivity contribution in [3.8, 4) is 11.3 Å². The van der Waals surface area contributed by atoms with E-state index in [0.29, 0.717) is 18.8 Å². The monoisotopic (exact) mass is 763 g/mol. The molecule has 5 atom stereocenters. The second kappa shape index (κ2) is 20.2. The molecule has 294 valence electrons. The smallest absolute Gasteiger partial charge is 0.407 e. The number of alkyl carbamates (subject to hydrolysis) is 1. The Labute approximate surface area is 324 Å². The summed E-state index contributed by atoms with van der Waals surface area (Å²) in [5.41, 5.74) is 2.28. The molecule has 0 aliphatic heterocycles. The average Bonchev–Trinajstić information content (AvgIpc) is 3.11. The third-order valence-corrected chi connectivity index (χ3v) is 9.44. The second-order valence-corrected chi connectivity index (χ2v) is 16.4. The molecule has 0 saturated heterocycles. The number of methoxy groups -OCH3 is 1. The highest BCUT2D eigenvalue weighted by molar-refractivity contribution is 7.98. The zero-order chi connectivity index (χ0) is 40.1. The lowest BCUT2D eigenvalue weighted by molar-refractivity contribution is -0.131. The summed E-state index contributed by atoms with van der Waals surface area (Å²) in [6, 6.07) is 20.3. The Balaban J connectivity index is 2.07. The average molecular weight is 764 g/mol. The minimum absolute atomic E-state index is 0.274. The van der Waals surface area contributed by atoms with Gasteiger partial charge in [0.1, 0.15) is 12.1 Å². The topological polar surface area (TPSA) is 159 Å². The number of hydrogen-bond acceptors (Lipinski definition) is 8. The van der Waals surface area contributed by atoms with Gasteiger partial charge in [-0.05, 0) is 59.6 Å². The van der Waals surface area contributed by atoms with Crippen molar-refractivity contribution in [2.45, 2.75) is 91.1 Å². The van der Waals surface area contributed by atoms with Crippen molar-refractivity contribution in [1.82, 2.24) is 25.8 Å². The summed E-state index contributed by atoms with van der Waals surface area (Å²) in [5.74, 6) is -0.546. The molecule has 4 N–H and O–H groups in total. The minimum Gasteiger partial charge on any atom is -0.465 e. The molecule has 0 saturated carbocycles. The number of thioether (sulfide) groups is 1. The molecule has 1 heterocycles. The zero-order valence-corrected chi connectivity index (χ0v) is 33.7. The normalized spacial score (nSPS) is 14.5. The van der Waals surface area contributed by atoms with Crippen LogP contribution in [0.2, 0.25) is 0 Å². The van der Waals surface area contributed by atoms with Crippen LogP contribution in [-0.4, -0.2) is 95.6 Å². The molecule has 0 aliphatic carbocycles. The molecule has 0 spiro atoms. The number of nitrogens with zero attached hydrogens (tertiary/aromatic N) is 2. The van der Waals surface area contributed by atoms with Gasteiger partial charge in [-0.25, -0.2) is 9.59 Å². The maximum absolute atomic E-state index is 14.1. The van der Waals surface area contributed by atoms with E-state index in [1.807, 2.05) is 121 Å². The largest absolute Gasteiger partial charge is 0.465 e. The molecule has 0 fully saturated rings. The van der Waals surface area contributed by atoms with Gasteiger partial charge in [0.25, 0.3) is 0 Å². The van der Waals surface area contributed by atoms with Crippen LogP contribution in [0.1, 0.15) is 59.1 Å². The summed E-state index contributed by atoms with van der Waals surface area (Å²) in [5, 5.41) is 19.0. The van der Waals surface area contributed by atoms with E-state index in [0.717, 1.165) is 27.3 Å². The summed E-state index contributed by atoms with van der Waals surface area (Å²) in [6.45, 7) is 11.0. The van der Waals surface area contributed by atoms with Crippen molar-refractivity contribution in [1.29, 1.82) is 0 Å². The Morgan fingerprint density at radius 3 is 1.98 bits per heavy atom. The molecule has 0 radical (unpaired) electrons. The molecule has 0 bridgehead atoms. The van der Waals surface area contributed by atoms with Crippen LogP contribution in [-0.2, 0) is 31.9 Å². The number of rotatable bonds is 17. The van der Waals surface area contributed by atoms with Crippen molar-refractivity contribution in [2.75, 3.05) is 26.4 Å². The number of carboxylic acid groups (broad SMARTS) is 1. The van der Waals surface area contributed by atoms with Crippen molar-refractivity contribution in [3.05, 3.63) is 90.1 Å². The van der Waals surface area contributed by atoms with E-state index in [4.69, 9.17) is 9.47 Å². The molecule has 3 aromatic rings. The van der Waals surface area contributed by atoms with Crippen molar-refractivity contribution < 1.29 is 33.8 Å². The third-order valence-electron chi connectivity index (χ3n) is 9.07. The second-order valence-electron chi connectivity index (χ2n) is 15.6. The van der Waals surface area contributed by atoms with Crippen LogP contribution in [0, 0.1) is 10.8 Å². The van der Waals surface area contributed by atoms with Gasteiger partial charge in [0.05, 0.1) is 30.9 Å². The lowest BCUT2D eigenvalue weighted by Crippen LogP contribution is -2.59. The minimum atomic E-state index is -1.22. The van der Waals surface area contributed by atoms with Crippen LogP contribution in [0.5, 0.6) is 0 Å². The predicted molar refractivity (Wildman–Crippen MR) is 213 cm³/mol. The molecule has 1 aromatic heterocycles. The Morgan fingerprint density at radius 2 is 1.44 bits per heavy atom. The zero-order valence-electron chi connectivity index (χ0n) is 32.9. The van der Waals surface area contributed by atoms with E-state index in [2.05, 4.69) is 20.9 Å². The number of pyridine rings is 1. The number of amides is 4. The standard InChI is InChI=1S/C41H57N5O7S/c1-40(2,3)34(45-38(49)52-8)36(47)43-30(23-28-18-20-29(21-19-28)31-17-13-14-22-42-31)25-33(53-26-54-9)32(24-27-15-11-10-12-16-27)44-37(48)35(41(4,5)6)46(7)39(50)51/h10-22,30,32-35H,23-26H2,1-9H3,(H,43,47)(H,44,48)(H,45,49)(H,50,51)/t30-,32-,33+,34+,35+/m0/s1. The summed E-state index contributed by atoms with van der Waals surface area (Å²) in [7, 11) is 2.64. The van der Waals surface area contributed by atoms with Gasteiger partial charge < -0.3 is 30.5 Å². The number of nitrogens with one attached hydrogen (secondary N) is 3. The fourth-order valence-corrected chi connectivity index (χ4v) is 6.72. The van der Waals surface area contributed by atoms with Crippen LogP contribution in [0.25, 0.3) is 11.3 Å². The Kier molecular flexibility index (Phi) is 16.4. The number of carbonyl (C=O) groups is 4. The Hall–Kier alpha value is -4.62. The summed E-state index contributed by atoms with van der Waals surface area (Å²) in [4.78, 5) is 58.2. The Bertz CT molecular complexity index is 1650. The summed E-state index contributed by atoms with van der Waals surface area (Å²) >= 11 is 1.48. The van der Waals surface area contributed by atoms with E-state index >= 15 is 0 Å². The van der Waals surface area contributed by atoms with E-state index < -0.39 is 65.1 Å². The number of carbonyl (C=O) groups excluding carboxylic acids is 3. The quantitative estimate of drug-likeness (QED) is 0.114. The molecular weight excluding hydrogens is 707 g/mol. The third kappa shape index (κ3) is 13.3. The summed E-state index contributed by atoms with van der Waals surface area (Å²) < 4.78 is 11.4. The first-order valence-electron chi connectivity index (χ1n) is 18.0. The fourth-order valence-electron chi connectivity index (χ4n) is 6.41. The molecule has 2 aromatic carbocycles. The van der Waals surface area contributed by atoms with Gasteiger partial charge in [-0.1, -0.05) is 102 Å². The van der Waals surface area contributed by atoms with E-state index in [1.165, 1.54) is 25.9 Å². The number of benzene rings is 2. The SMILES string of the molecule is COC(=O)N[C@H](C(=O)N[C@@H](Cc1ccc(-c2ccccn2)cc1)C[C@@H](OCSC)[C@H](Cc1ccccc1)NC(=O)[C@@H](N(C)C(=O)O)C(C)(C)C)C(C)(C)C. The molecule has 3 rings (SSSR count). The van der Waals surface area contributed by atoms with Crippen LogP contribution >= 0.6 is 11.8 Å². The molecule has 0 unspecified atom stereocenters. The maximum Gasteiger partial charge on any atom is 0.407 e. The lowest BCUT2D eigenvalue weighted by Gasteiger charge is -2.38. The number of ether oxygens (including phenoxy) is 2. The van der Waals surface area contributed by atoms with Gasteiger partial charge in [-0.15, -0.1) is 11.8 Å². The van der Waals surface area contributed by atoms with Crippen LogP contribution in [0.3, 0.4) is 0 Å². The highest BCUT2D eigenvalue weighted by Gasteiger charge is 2.40. The van der Waals surface area contributed by atoms with Gasteiger partial charge >= 0.3 is 12.2 Å². The predicted octanol–water partition coefficient (Wildman–Crippen LogP) is 6.39. The van der Waals surface area contributed by atoms with E-state index in [1.54, 1.807) is 6.20 Å². The fraction of sp³-hybridized carbons (Fsp3) is 0.488. The van der Waals surface area contributed by atoms with Crippen molar-refractivity contribution in [2.24, 2.45) is 10.8 Å². The van der Waals surface area contributed by atoms with Gasteiger partial charge in [0, 0.05) is 24.8 Å². The van der Waals surface area contributed by atoms with Crippen molar-refractivity contribution in [3.63, 3.8) is 0 Å². The molecular formula is C41H57N5O7S. The van der Waals surface area contributed by atoms with Crippen molar-refractivity contribution >= 4 is 35.8 Å². The molecule has 12 nitrogen and oxygen atoms in total. The first kappa shape index (κ1) is 43.8. The molecule has 13 heteroatoms. The molecule has 0 aliphatic rings. The number of hydrogen-bond donors (Lipinski definition) is 4. The highest BCUT2D eigenvalue weighted by atomic mass is 32.2. The first-order chi connectivity index (χ1) is 25.4. The van der Waals surface area contributed by atoms with Gasteiger partial charge in [-0.3, -0.25) is 19.5 Å².